The van der Waals surface area contributed by atoms with E-state index < -0.39 is 12.1 Å². The third-order valence-electron chi connectivity index (χ3n) is 1.50. The zero-order valence-electron chi connectivity index (χ0n) is 6.03. The minimum Gasteiger partial charge on any atom is -0.447 e. The number of hydrogen-bond donors (Lipinski definition) is 0. The molecule has 1 saturated heterocycles. The molecule has 0 saturated carbocycles. The highest BCUT2D eigenvalue weighted by Gasteiger charge is 2.31. The minimum absolute atomic E-state index is 0.163. The first-order valence-electron chi connectivity index (χ1n) is 3.29. The standard InChI is InChI=1S/C7H9NO3/c1-2-3-8-6(4-9)5-11-7(8)10/h2,4,6H,1,3,5H2. The highest BCUT2D eigenvalue weighted by Crippen LogP contribution is 2.09. The van der Waals surface area contributed by atoms with E-state index in [0.717, 1.165) is 0 Å². The second kappa shape index (κ2) is 3.18. The Labute approximate surface area is 64.4 Å². The molecule has 0 radical (unpaired) electrons. The van der Waals surface area contributed by atoms with Crippen molar-refractivity contribution in [2.45, 2.75) is 6.04 Å². The maximum absolute atomic E-state index is 10.8. The number of carbonyl (C=O) groups excluding carboxylic acids is 2. The van der Waals surface area contributed by atoms with E-state index in [1.807, 2.05) is 0 Å². The Balaban J connectivity index is 2.62. The molecule has 1 amide bonds. The molecule has 0 aromatic rings. The van der Waals surface area contributed by atoms with Crippen molar-refractivity contribution in [3.05, 3.63) is 12.7 Å². The van der Waals surface area contributed by atoms with E-state index in [2.05, 4.69) is 11.3 Å². The Morgan fingerprint density at radius 1 is 1.82 bits per heavy atom. The molecule has 1 aliphatic rings. The van der Waals surface area contributed by atoms with Crippen LogP contribution < -0.4 is 0 Å². The van der Waals surface area contributed by atoms with Crippen molar-refractivity contribution < 1.29 is 14.3 Å². The third-order valence-corrected chi connectivity index (χ3v) is 1.50. The maximum atomic E-state index is 10.8. The first-order chi connectivity index (χ1) is 5.29. The smallest absolute Gasteiger partial charge is 0.410 e. The molecule has 1 unspecified atom stereocenters. The van der Waals surface area contributed by atoms with Crippen LogP contribution in [0, 0.1) is 0 Å². The van der Waals surface area contributed by atoms with Crippen molar-refractivity contribution in [1.29, 1.82) is 0 Å². The molecule has 4 nitrogen and oxygen atoms in total. The fourth-order valence-electron chi connectivity index (χ4n) is 0.927. The van der Waals surface area contributed by atoms with Gasteiger partial charge in [-0.25, -0.2) is 4.79 Å². The van der Waals surface area contributed by atoms with E-state index in [0.29, 0.717) is 12.8 Å². The number of ether oxygens (including phenoxy) is 1. The summed E-state index contributed by atoms with van der Waals surface area (Å²) in [5.74, 6) is 0. The van der Waals surface area contributed by atoms with Gasteiger partial charge in [-0.2, -0.15) is 0 Å². The SMILES string of the molecule is C=CCN1C(=O)OCC1C=O. The van der Waals surface area contributed by atoms with Gasteiger partial charge in [0.15, 0.2) is 0 Å². The van der Waals surface area contributed by atoms with Crippen LogP contribution in [0.4, 0.5) is 4.79 Å². The molecule has 0 N–H and O–H groups in total. The Morgan fingerprint density at radius 3 is 3.09 bits per heavy atom. The molecule has 1 heterocycles. The van der Waals surface area contributed by atoms with Gasteiger partial charge in [-0.15, -0.1) is 6.58 Å². The minimum atomic E-state index is -0.443. The highest BCUT2D eigenvalue weighted by molar-refractivity contribution is 5.76. The lowest BCUT2D eigenvalue weighted by Crippen LogP contribution is -2.34. The third kappa shape index (κ3) is 1.39. The molecule has 1 rings (SSSR count). The van der Waals surface area contributed by atoms with E-state index in [9.17, 15) is 9.59 Å². The van der Waals surface area contributed by atoms with E-state index in [4.69, 9.17) is 0 Å². The van der Waals surface area contributed by atoms with Gasteiger partial charge in [0.25, 0.3) is 0 Å². The van der Waals surface area contributed by atoms with Crippen LogP contribution in [0.3, 0.4) is 0 Å². The molecule has 1 atom stereocenters. The second-order valence-corrected chi connectivity index (χ2v) is 2.22. The van der Waals surface area contributed by atoms with E-state index in [-0.39, 0.29) is 6.61 Å². The molecule has 0 aliphatic carbocycles. The molecule has 11 heavy (non-hydrogen) atoms. The molecule has 1 aliphatic heterocycles. The Hall–Kier alpha value is -1.32. The molecular formula is C7H9NO3. The van der Waals surface area contributed by atoms with Gasteiger partial charge in [-0.1, -0.05) is 6.08 Å². The van der Waals surface area contributed by atoms with Gasteiger partial charge in [0, 0.05) is 6.54 Å². The zero-order chi connectivity index (χ0) is 8.27. The number of amides is 1. The quantitative estimate of drug-likeness (QED) is 0.432. The Bertz CT molecular complexity index is 190. The number of carbonyl (C=O) groups is 2. The molecular weight excluding hydrogens is 146 g/mol. The predicted molar refractivity (Wildman–Crippen MR) is 38.1 cm³/mol. The fourth-order valence-corrected chi connectivity index (χ4v) is 0.927. The summed E-state index contributed by atoms with van der Waals surface area (Å²) in [7, 11) is 0. The monoisotopic (exact) mass is 155 g/mol. The lowest BCUT2D eigenvalue weighted by atomic mass is 10.3. The Kier molecular flexibility index (Phi) is 2.25. The van der Waals surface area contributed by atoms with Crippen molar-refractivity contribution in [3.63, 3.8) is 0 Å². The molecule has 0 bridgehead atoms. The molecule has 60 valence electrons. The van der Waals surface area contributed by atoms with Gasteiger partial charge in [0.05, 0.1) is 0 Å². The van der Waals surface area contributed by atoms with Crippen molar-refractivity contribution in [2.75, 3.05) is 13.2 Å². The average Bonchev–Trinajstić information content (AvgIpc) is 2.34. The van der Waals surface area contributed by atoms with Crippen LogP contribution in [-0.4, -0.2) is 36.5 Å². The first-order valence-corrected chi connectivity index (χ1v) is 3.29. The van der Waals surface area contributed by atoms with Gasteiger partial charge >= 0.3 is 6.09 Å². The molecule has 4 heteroatoms. The topological polar surface area (TPSA) is 46.6 Å². The number of aldehydes is 1. The second-order valence-electron chi connectivity index (χ2n) is 2.22. The zero-order valence-corrected chi connectivity index (χ0v) is 6.03. The summed E-state index contributed by atoms with van der Waals surface area (Å²) < 4.78 is 4.63. The summed E-state index contributed by atoms with van der Waals surface area (Å²) >= 11 is 0. The average molecular weight is 155 g/mol. The van der Waals surface area contributed by atoms with Crippen LogP contribution in [0.15, 0.2) is 12.7 Å². The van der Waals surface area contributed by atoms with Crippen molar-refractivity contribution in [1.82, 2.24) is 4.90 Å². The first kappa shape index (κ1) is 7.78. The molecule has 0 spiro atoms. The van der Waals surface area contributed by atoms with Crippen molar-refractivity contribution >= 4 is 12.4 Å². The highest BCUT2D eigenvalue weighted by atomic mass is 16.6. The summed E-state index contributed by atoms with van der Waals surface area (Å²) in [6.45, 7) is 3.99. The molecule has 1 fully saturated rings. The maximum Gasteiger partial charge on any atom is 0.410 e. The van der Waals surface area contributed by atoms with E-state index in [1.165, 1.54) is 4.90 Å². The van der Waals surface area contributed by atoms with Crippen LogP contribution >= 0.6 is 0 Å². The van der Waals surface area contributed by atoms with Gasteiger partial charge in [0.2, 0.25) is 0 Å². The van der Waals surface area contributed by atoms with Gasteiger partial charge in [-0.3, -0.25) is 4.90 Å². The van der Waals surface area contributed by atoms with Crippen LogP contribution in [0.25, 0.3) is 0 Å². The summed E-state index contributed by atoms with van der Waals surface area (Å²) in [5.41, 5.74) is 0. The van der Waals surface area contributed by atoms with E-state index >= 15 is 0 Å². The van der Waals surface area contributed by atoms with Crippen LogP contribution in [0.2, 0.25) is 0 Å². The largest absolute Gasteiger partial charge is 0.447 e. The van der Waals surface area contributed by atoms with Crippen LogP contribution in [0.1, 0.15) is 0 Å². The summed E-state index contributed by atoms with van der Waals surface area (Å²) in [6.07, 6.45) is 1.82. The summed E-state index contributed by atoms with van der Waals surface area (Å²) in [6, 6.07) is -0.430. The Morgan fingerprint density at radius 2 is 2.55 bits per heavy atom. The van der Waals surface area contributed by atoms with Gasteiger partial charge < -0.3 is 9.53 Å². The number of rotatable bonds is 3. The lowest BCUT2D eigenvalue weighted by Gasteiger charge is -2.13. The molecule has 0 aromatic heterocycles. The number of hydrogen-bond acceptors (Lipinski definition) is 3. The molecule has 0 aromatic carbocycles. The van der Waals surface area contributed by atoms with Crippen LogP contribution in [0.5, 0.6) is 0 Å². The number of nitrogens with zero attached hydrogens (tertiary/aromatic N) is 1. The number of cyclic esters (lactones) is 1. The fraction of sp³-hybridized carbons (Fsp3) is 0.429. The van der Waals surface area contributed by atoms with Gasteiger partial charge in [0.1, 0.15) is 18.9 Å². The van der Waals surface area contributed by atoms with Gasteiger partial charge in [-0.05, 0) is 0 Å². The van der Waals surface area contributed by atoms with Crippen molar-refractivity contribution in [2.24, 2.45) is 0 Å². The summed E-state index contributed by atoms with van der Waals surface area (Å²) in [5, 5.41) is 0. The normalized spacial score (nSPS) is 23.1. The van der Waals surface area contributed by atoms with Crippen LogP contribution in [-0.2, 0) is 9.53 Å². The summed E-state index contributed by atoms with van der Waals surface area (Å²) in [4.78, 5) is 22.5. The predicted octanol–water partition coefficient (Wildman–Crippen LogP) is 0.192. The van der Waals surface area contributed by atoms with Crippen molar-refractivity contribution in [3.8, 4) is 0 Å². The van der Waals surface area contributed by atoms with E-state index in [1.54, 1.807) is 6.08 Å². The lowest BCUT2D eigenvalue weighted by molar-refractivity contribution is -0.110.